The van der Waals surface area contributed by atoms with Crippen LogP contribution in [0.5, 0.6) is 11.5 Å². The molecule has 0 saturated carbocycles. The molecule has 0 amide bonds. The van der Waals surface area contributed by atoms with E-state index in [1.807, 2.05) is 31.2 Å². The zero-order chi connectivity index (χ0) is 16.8. The first-order chi connectivity index (χ1) is 11.8. The second kappa shape index (κ2) is 7.61. The van der Waals surface area contributed by atoms with Crippen molar-refractivity contribution < 1.29 is 19.1 Å². The van der Waals surface area contributed by atoms with Crippen molar-refractivity contribution in [1.82, 2.24) is 10.1 Å². The Balaban J connectivity index is 1.60. The molecule has 0 fully saturated rings. The summed E-state index contributed by atoms with van der Waals surface area (Å²) >= 11 is 0. The Labute approximate surface area is 139 Å². The molecule has 1 N–H and O–H groups in total. The minimum absolute atomic E-state index is 0.0146. The summed E-state index contributed by atoms with van der Waals surface area (Å²) in [5.74, 6) is 2.32. The average Bonchev–Trinajstić information content (AvgIpc) is 3.08. The van der Waals surface area contributed by atoms with E-state index in [1.165, 1.54) is 0 Å². The standard InChI is InChI=1S/C18H18N2O4/c1-13-4-2-3-5-16(13)18-19-17(20-24-18)12-23-15-8-6-14(7-9-15)22-11-10-21/h2-9,21H,10-12H2,1H3. The molecule has 1 heterocycles. The van der Waals surface area contributed by atoms with Crippen molar-refractivity contribution in [1.29, 1.82) is 0 Å². The van der Waals surface area contributed by atoms with Crippen molar-refractivity contribution in [2.24, 2.45) is 0 Å². The van der Waals surface area contributed by atoms with E-state index in [0.717, 1.165) is 11.1 Å². The Bertz CT molecular complexity index is 784. The van der Waals surface area contributed by atoms with Crippen molar-refractivity contribution in [3.8, 4) is 23.0 Å². The van der Waals surface area contributed by atoms with E-state index >= 15 is 0 Å². The van der Waals surface area contributed by atoms with Gasteiger partial charge in [0.2, 0.25) is 5.82 Å². The molecule has 0 aliphatic heterocycles. The summed E-state index contributed by atoms with van der Waals surface area (Å²) in [6.45, 7) is 2.46. The predicted octanol–water partition coefficient (Wildman–Crippen LogP) is 3.00. The van der Waals surface area contributed by atoms with Gasteiger partial charge in [-0.15, -0.1) is 0 Å². The van der Waals surface area contributed by atoms with E-state index in [0.29, 0.717) is 23.2 Å². The SMILES string of the molecule is Cc1ccccc1-c1nc(COc2ccc(OCCO)cc2)no1. The number of aryl methyl sites for hydroxylation is 1. The van der Waals surface area contributed by atoms with Crippen molar-refractivity contribution in [3.63, 3.8) is 0 Å². The van der Waals surface area contributed by atoms with Gasteiger partial charge in [0.15, 0.2) is 6.61 Å². The molecule has 0 saturated heterocycles. The number of ether oxygens (including phenoxy) is 2. The summed E-state index contributed by atoms with van der Waals surface area (Å²) in [5, 5.41) is 12.7. The van der Waals surface area contributed by atoms with Gasteiger partial charge < -0.3 is 19.1 Å². The fourth-order valence-corrected chi connectivity index (χ4v) is 2.18. The first-order valence-electron chi connectivity index (χ1n) is 7.61. The number of aromatic nitrogens is 2. The number of benzene rings is 2. The highest BCUT2D eigenvalue weighted by atomic mass is 16.5. The van der Waals surface area contributed by atoms with Gasteiger partial charge in [-0.3, -0.25) is 0 Å². The molecule has 2 aromatic carbocycles. The van der Waals surface area contributed by atoms with Crippen LogP contribution < -0.4 is 9.47 Å². The van der Waals surface area contributed by atoms with E-state index < -0.39 is 0 Å². The van der Waals surface area contributed by atoms with Gasteiger partial charge in [-0.25, -0.2) is 0 Å². The van der Waals surface area contributed by atoms with Gasteiger partial charge in [-0.2, -0.15) is 4.98 Å². The van der Waals surface area contributed by atoms with Crippen molar-refractivity contribution >= 4 is 0 Å². The summed E-state index contributed by atoms with van der Waals surface area (Å²) in [6.07, 6.45) is 0. The summed E-state index contributed by atoms with van der Waals surface area (Å²) in [6, 6.07) is 15.0. The Kier molecular flexibility index (Phi) is 5.08. The molecule has 0 radical (unpaired) electrons. The second-order valence-corrected chi connectivity index (χ2v) is 5.16. The number of hydrogen-bond acceptors (Lipinski definition) is 6. The van der Waals surface area contributed by atoms with Gasteiger partial charge in [-0.1, -0.05) is 23.4 Å². The zero-order valence-corrected chi connectivity index (χ0v) is 13.3. The molecule has 0 atom stereocenters. The van der Waals surface area contributed by atoms with E-state index in [9.17, 15) is 0 Å². The normalized spacial score (nSPS) is 10.6. The summed E-state index contributed by atoms with van der Waals surface area (Å²) in [7, 11) is 0. The highest BCUT2D eigenvalue weighted by molar-refractivity contribution is 5.57. The monoisotopic (exact) mass is 326 g/mol. The summed E-state index contributed by atoms with van der Waals surface area (Å²) in [5.41, 5.74) is 1.99. The number of aliphatic hydroxyl groups is 1. The van der Waals surface area contributed by atoms with E-state index in [4.69, 9.17) is 19.1 Å². The molecule has 3 rings (SSSR count). The third-order valence-corrected chi connectivity index (χ3v) is 3.40. The highest BCUT2D eigenvalue weighted by Crippen LogP contribution is 2.22. The van der Waals surface area contributed by atoms with Crippen LogP contribution in [0.1, 0.15) is 11.4 Å². The Morgan fingerprint density at radius 3 is 2.42 bits per heavy atom. The summed E-state index contributed by atoms with van der Waals surface area (Å²) < 4.78 is 16.2. The fourth-order valence-electron chi connectivity index (χ4n) is 2.18. The van der Waals surface area contributed by atoms with E-state index in [2.05, 4.69) is 10.1 Å². The number of rotatable bonds is 7. The molecule has 0 unspecified atom stereocenters. The van der Waals surface area contributed by atoms with Gasteiger partial charge in [0.25, 0.3) is 5.89 Å². The molecule has 24 heavy (non-hydrogen) atoms. The maximum absolute atomic E-state index is 8.72. The van der Waals surface area contributed by atoms with Gasteiger partial charge >= 0.3 is 0 Å². The highest BCUT2D eigenvalue weighted by Gasteiger charge is 2.11. The lowest BCUT2D eigenvalue weighted by Gasteiger charge is -2.06. The molecule has 0 aliphatic rings. The van der Waals surface area contributed by atoms with Crippen LogP contribution in [0.25, 0.3) is 11.5 Å². The van der Waals surface area contributed by atoms with Crippen LogP contribution in [0.2, 0.25) is 0 Å². The molecule has 6 heteroatoms. The Morgan fingerprint density at radius 1 is 1.00 bits per heavy atom. The third-order valence-electron chi connectivity index (χ3n) is 3.40. The lowest BCUT2D eigenvalue weighted by Crippen LogP contribution is -2.01. The second-order valence-electron chi connectivity index (χ2n) is 5.16. The third kappa shape index (κ3) is 3.91. The van der Waals surface area contributed by atoms with Crippen LogP contribution in [0, 0.1) is 6.92 Å². The molecule has 0 aliphatic carbocycles. The number of hydrogen-bond donors (Lipinski definition) is 1. The molecular weight excluding hydrogens is 308 g/mol. The van der Waals surface area contributed by atoms with Gasteiger partial charge in [0, 0.05) is 5.56 Å². The van der Waals surface area contributed by atoms with E-state index in [-0.39, 0.29) is 19.8 Å². The quantitative estimate of drug-likeness (QED) is 0.719. The van der Waals surface area contributed by atoms with Crippen molar-refractivity contribution in [2.75, 3.05) is 13.2 Å². The molecular formula is C18H18N2O4. The van der Waals surface area contributed by atoms with Crippen LogP contribution in [-0.4, -0.2) is 28.5 Å². The number of nitrogens with zero attached hydrogens (tertiary/aromatic N) is 2. The zero-order valence-electron chi connectivity index (χ0n) is 13.3. The Hall–Kier alpha value is -2.86. The smallest absolute Gasteiger partial charge is 0.258 e. The molecule has 1 aromatic heterocycles. The van der Waals surface area contributed by atoms with Crippen molar-refractivity contribution in [2.45, 2.75) is 13.5 Å². The molecule has 0 bridgehead atoms. The lowest BCUT2D eigenvalue weighted by atomic mass is 10.1. The van der Waals surface area contributed by atoms with Crippen LogP contribution in [0.4, 0.5) is 0 Å². The van der Waals surface area contributed by atoms with Crippen LogP contribution >= 0.6 is 0 Å². The first-order valence-corrected chi connectivity index (χ1v) is 7.61. The molecule has 0 spiro atoms. The average molecular weight is 326 g/mol. The van der Waals surface area contributed by atoms with Gasteiger partial charge in [0.05, 0.1) is 6.61 Å². The van der Waals surface area contributed by atoms with Gasteiger partial charge in [0.1, 0.15) is 18.1 Å². The topological polar surface area (TPSA) is 77.6 Å². The van der Waals surface area contributed by atoms with Crippen LogP contribution in [-0.2, 0) is 6.61 Å². The maximum Gasteiger partial charge on any atom is 0.258 e. The lowest BCUT2D eigenvalue weighted by molar-refractivity contribution is 0.201. The minimum Gasteiger partial charge on any atom is -0.491 e. The minimum atomic E-state index is -0.0146. The van der Waals surface area contributed by atoms with Gasteiger partial charge in [-0.05, 0) is 42.8 Å². The predicted molar refractivity (Wildman–Crippen MR) is 87.8 cm³/mol. The fraction of sp³-hybridized carbons (Fsp3) is 0.222. The first kappa shape index (κ1) is 16.0. The molecule has 6 nitrogen and oxygen atoms in total. The maximum atomic E-state index is 8.72. The summed E-state index contributed by atoms with van der Waals surface area (Å²) in [4.78, 5) is 4.36. The van der Waals surface area contributed by atoms with Crippen molar-refractivity contribution in [3.05, 3.63) is 59.9 Å². The van der Waals surface area contributed by atoms with E-state index in [1.54, 1.807) is 24.3 Å². The molecule has 3 aromatic rings. The van der Waals surface area contributed by atoms with Crippen LogP contribution in [0.3, 0.4) is 0 Å². The number of aliphatic hydroxyl groups excluding tert-OH is 1. The Morgan fingerprint density at radius 2 is 1.71 bits per heavy atom. The molecule has 124 valence electrons. The largest absolute Gasteiger partial charge is 0.491 e. The van der Waals surface area contributed by atoms with Crippen LogP contribution in [0.15, 0.2) is 53.1 Å².